The molecule has 6 aliphatic rings. The third-order valence-electron chi connectivity index (χ3n) is 11.1. The van der Waals surface area contributed by atoms with E-state index in [9.17, 15) is 14.7 Å². The zero-order valence-electron chi connectivity index (χ0n) is 22.5. The van der Waals surface area contributed by atoms with Gasteiger partial charge < -0.3 is 28.8 Å². The van der Waals surface area contributed by atoms with Gasteiger partial charge in [-0.25, -0.2) is 0 Å². The lowest BCUT2D eigenvalue weighted by molar-refractivity contribution is -0.248. The van der Waals surface area contributed by atoms with Crippen LogP contribution in [0.2, 0.25) is 0 Å². The van der Waals surface area contributed by atoms with Crippen LogP contribution in [0.3, 0.4) is 0 Å². The van der Waals surface area contributed by atoms with Gasteiger partial charge in [-0.05, 0) is 69.6 Å². The molecule has 0 aromatic carbocycles. The molecule has 4 bridgehead atoms. The molecule has 200 valence electrons. The van der Waals surface area contributed by atoms with Gasteiger partial charge in [0.1, 0.15) is 17.8 Å². The zero-order valence-corrected chi connectivity index (χ0v) is 22.5. The van der Waals surface area contributed by atoms with Crippen molar-refractivity contribution in [3.8, 4) is 0 Å². The van der Waals surface area contributed by atoms with E-state index in [1.165, 1.54) is 0 Å². The molecule has 2 aliphatic heterocycles. The van der Waals surface area contributed by atoms with Crippen molar-refractivity contribution in [2.75, 3.05) is 6.61 Å². The lowest BCUT2D eigenvalue weighted by atomic mass is 9.43. The number of carboxylic acids is 1. The maximum atomic E-state index is 13.6. The lowest BCUT2D eigenvalue weighted by Gasteiger charge is -2.58. The minimum absolute atomic E-state index is 0.0211. The van der Waals surface area contributed by atoms with Gasteiger partial charge in [0.05, 0.1) is 24.2 Å². The molecule has 0 aromatic heterocycles. The van der Waals surface area contributed by atoms with Crippen molar-refractivity contribution in [1.29, 1.82) is 0 Å². The summed E-state index contributed by atoms with van der Waals surface area (Å²) in [7, 11) is 0. The van der Waals surface area contributed by atoms with E-state index in [1.54, 1.807) is 0 Å². The Bertz CT molecular complexity index is 988. The highest BCUT2D eigenvalue weighted by molar-refractivity contribution is 5.90. The lowest BCUT2D eigenvalue weighted by Crippen LogP contribution is -2.63. The Balaban J connectivity index is 1.37. The van der Waals surface area contributed by atoms with Crippen molar-refractivity contribution in [2.24, 2.45) is 45.8 Å². The monoisotopic (exact) mass is 502 g/mol. The van der Waals surface area contributed by atoms with Crippen LogP contribution < -0.4 is 0 Å². The van der Waals surface area contributed by atoms with E-state index in [2.05, 4.69) is 26.8 Å². The molecule has 1 N–H and O–H groups in total. The molecular formula is C29H42O7. The first kappa shape index (κ1) is 25.0. The number of carboxylic acid groups (broad SMARTS) is 1. The van der Waals surface area contributed by atoms with Crippen LogP contribution in [0.4, 0.5) is 0 Å². The summed E-state index contributed by atoms with van der Waals surface area (Å²) in [6.45, 7) is 12.5. The summed E-state index contributed by atoms with van der Waals surface area (Å²) in [6, 6.07) is 0. The zero-order chi connectivity index (χ0) is 25.8. The molecular weight excluding hydrogens is 460 g/mol. The van der Waals surface area contributed by atoms with Crippen LogP contribution in [0, 0.1) is 45.8 Å². The maximum Gasteiger partial charge on any atom is 0.315 e. The first-order valence-corrected chi connectivity index (χ1v) is 14.0. The van der Waals surface area contributed by atoms with Crippen molar-refractivity contribution in [2.45, 2.75) is 104 Å². The molecule has 0 spiro atoms. The third kappa shape index (κ3) is 2.89. The molecule has 5 fully saturated rings. The van der Waals surface area contributed by atoms with Crippen molar-refractivity contribution in [3.05, 3.63) is 11.6 Å². The second kappa shape index (κ2) is 7.87. The van der Waals surface area contributed by atoms with E-state index in [-0.39, 0.29) is 42.7 Å². The van der Waals surface area contributed by atoms with Crippen LogP contribution in [-0.2, 0) is 28.5 Å². The molecule has 36 heavy (non-hydrogen) atoms. The molecule has 3 saturated carbocycles. The van der Waals surface area contributed by atoms with Crippen molar-refractivity contribution < 1.29 is 33.6 Å². The molecule has 0 unspecified atom stereocenters. The van der Waals surface area contributed by atoms with Gasteiger partial charge >= 0.3 is 5.97 Å². The van der Waals surface area contributed by atoms with Gasteiger partial charge in [0.25, 0.3) is 0 Å². The highest BCUT2D eigenvalue weighted by Crippen LogP contribution is 2.82. The van der Waals surface area contributed by atoms with E-state index < -0.39 is 34.3 Å². The van der Waals surface area contributed by atoms with Crippen molar-refractivity contribution in [1.82, 2.24) is 0 Å². The summed E-state index contributed by atoms with van der Waals surface area (Å²) >= 11 is 0. The minimum Gasteiger partial charge on any atom is -0.481 e. The molecule has 0 radical (unpaired) electrons. The van der Waals surface area contributed by atoms with E-state index in [1.807, 2.05) is 20.8 Å². The van der Waals surface area contributed by atoms with E-state index in [0.29, 0.717) is 24.7 Å². The Morgan fingerprint density at radius 2 is 1.97 bits per heavy atom. The largest absolute Gasteiger partial charge is 0.481 e. The molecule has 7 heteroatoms. The SMILES string of the molecule is CC(C)C1=C[C@H]2C[C@]3(C=O)[C@@H]4CC[C@@H](C)[C@H]4C[C@@]2(CO[C@H]2C[C@@H]4OC(C)(C)O[C@@H]4[C@@H](C)O2)[C@]13C(=O)O. The first-order valence-electron chi connectivity index (χ1n) is 14.0. The van der Waals surface area contributed by atoms with E-state index >= 15 is 0 Å². The van der Waals surface area contributed by atoms with Crippen LogP contribution >= 0.6 is 0 Å². The van der Waals surface area contributed by atoms with Gasteiger partial charge in [-0.15, -0.1) is 0 Å². The number of allylic oxidation sites excluding steroid dienone is 1. The van der Waals surface area contributed by atoms with Gasteiger partial charge in [0.2, 0.25) is 0 Å². The Morgan fingerprint density at radius 3 is 2.64 bits per heavy atom. The Hall–Kier alpha value is -1.28. The molecule has 0 amide bonds. The molecule has 0 aromatic rings. The predicted octanol–water partition coefficient (Wildman–Crippen LogP) is 4.58. The van der Waals surface area contributed by atoms with Crippen LogP contribution in [-0.4, -0.2) is 54.4 Å². The van der Waals surface area contributed by atoms with Crippen LogP contribution in [0.25, 0.3) is 0 Å². The molecule has 2 saturated heterocycles. The number of rotatable bonds is 6. The fourth-order valence-electron chi connectivity index (χ4n) is 9.99. The first-order chi connectivity index (χ1) is 16.9. The summed E-state index contributed by atoms with van der Waals surface area (Å²) in [5, 5.41) is 11.1. The van der Waals surface area contributed by atoms with Crippen molar-refractivity contribution in [3.63, 3.8) is 0 Å². The minimum atomic E-state index is -1.22. The van der Waals surface area contributed by atoms with Crippen molar-refractivity contribution >= 4 is 12.3 Å². The molecule has 2 heterocycles. The highest BCUT2D eigenvalue weighted by Gasteiger charge is 2.84. The maximum absolute atomic E-state index is 13.6. The number of aliphatic carboxylic acids is 1. The average Bonchev–Trinajstić information content (AvgIpc) is 3.47. The van der Waals surface area contributed by atoms with Crippen LogP contribution in [0.1, 0.15) is 73.6 Å². The number of hydrogen-bond acceptors (Lipinski definition) is 6. The predicted molar refractivity (Wildman–Crippen MR) is 131 cm³/mol. The summed E-state index contributed by atoms with van der Waals surface area (Å²) < 4.78 is 25.0. The second-order valence-corrected chi connectivity index (χ2v) is 13.4. The third-order valence-corrected chi connectivity index (χ3v) is 11.1. The number of carbonyl (C=O) groups excluding carboxylic acids is 1. The normalized spacial score (nSPS) is 52.2. The smallest absolute Gasteiger partial charge is 0.315 e. The van der Waals surface area contributed by atoms with Gasteiger partial charge in [-0.1, -0.05) is 38.8 Å². The molecule has 11 atom stereocenters. The number of fused-ring (bicyclic) bond motifs is 3. The van der Waals surface area contributed by atoms with E-state index in [0.717, 1.165) is 31.1 Å². The Morgan fingerprint density at radius 1 is 1.22 bits per heavy atom. The summed E-state index contributed by atoms with van der Waals surface area (Å²) in [4.78, 5) is 26.7. The number of aldehydes is 1. The molecule has 7 nitrogen and oxygen atoms in total. The Kier molecular flexibility index (Phi) is 5.47. The molecule has 4 aliphatic carbocycles. The topological polar surface area (TPSA) is 91.3 Å². The number of hydrogen-bond donors (Lipinski definition) is 1. The fraction of sp³-hybridized carbons (Fsp3) is 0.862. The fourth-order valence-corrected chi connectivity index (χ4v) is 9.99. The average molecular weight is 503 g/mol. The second-order valence-electron chi connectivity index (χ2n) is 13.4. The summed E-state index contributed by atoms with van der Waals surface area (Å²) in [5.41, 5.74) is -1.79. The van der Waals surface area contributed by atoms with Gasteiger partial charge in [0, 0.05) is 11.8 Å². The number of carbonyl (C=O) groups is 2. The van der Waals surface area contributed by atoms with Gasteiger partial charge in [0.15, 0.2) is 12.1 Å². The summed E-state index contributed by atoms with van der Waals surface area (Å²) in [5.74, 6) is -0.471. The quantitative estimate of drug-likeness (QED) is 0.420. The highest BCUT2D eigenvalue weighted by atomic mass is 16.8. The standard InChI is InChI=1S/C29H42O7/c1-15(2)21-9-18-11-27(13-30)20-8-7-16(3)19(20)12-28(18,29(21,27)25(31)32)14-33-23-10-22-24(17(4)34-23)36-26(5,6)35-22/h9,13,15-20,22-24H,7-8,10-12,14H2,1-6H3,(H,31,32)/t16-,17-,18+,19-,20-,22+,23-,24-,27+,28+,29+/m1/s1. The molecule has 6 rings (SSSR count). The van der Waals surface area contributed by atoms with Crippen LogP contribution in [0.5, 0.6) is 0 Å². The number of ether oxygens (including phenoxy) is 4. The van der Waals surface area contributed by atoms with Gasteiger partial charge in [-0.3, -0.25) is 4.79 Å². The Labute approximate surface area is 214 Å². The van der Waals surface area contributed by atoms with Crippen LogP contribution in [0.15, 0.2) is 11.6 Å². The van der Waals surface area contributed by atoms with E-state index in [4.69, 9.17) is 18.9 Å². The summed E-state index contributed by atoms with van der Waals surface area (Å²) in [6.07, 6.45) is 6.29. The van der Waals surface area contributed by atoms with Gasteiger partial charge in [-0.2, -0.15) is 0 Å².